The van der Waals surface area contributed by atoms with Gasteiger partial charge in [-0.15, -0.1) is 0 Å². The van der Waals surface area contributed by atoms with Crippen molar-refractivity contribution in [2.45, 2.75) is 0 Å². The molecule has 0 saturated heterocycles. The molecule has 0 amide bonds. The fourth-order valence-corrected chi connectivity index (χ4v) is 1.51. The summed E-state index contributed by atoms with van der Waals surface area (Å²) in [6.45, 7) is 1.38. The van der Waals surface area contributed by atoms with Gasteiger partial charge in [-0.3, -0.25) is 0 Å². The third kappa shape index (κ3) is 3.50. The summed E-state index contributed by atoms with van der Waals surface area (Å²) in [4.78, 5) is 4.02. The minimum atomic E-state index is 0.569. The molecule has 0 unspecified atom stereocenters. The molecule has 3 nitrogen and oxygen atoms in total. The fraction of sp³-hybridized carbons (Fsp3) is 0.375. The Bertz CT molecular complexity index is 283. The highest BCUT2D eigenvalue weighted by molar-refractivity contribution is 9.10. The molecule has 0 spiro atoms. The van der Waals surface area contributed by atoms with Gasteiger partial charge in [-0.1, -0.05) is 11.6 Å². The van der Waals surface area contributed by atoms with Crippen molar-refractivity contribution in [3.63, 3.8) is 0 Å². The molecule has 13 heavy (non-hydrogen) atoms. The predicted octanol–water partition coefficient (Wildman–Crippen LogP) is 2.10. The average molecular weight is 266 g/mol. The largest absolute Gasteiger partial charge is 0.476 e. The summed E-state index contributed by atoms with van der Waals surface area (Å²) >= 11 is 9.02. The molecule has 0 aliphatic rings. The number of rotatable bonds is 4. The van der Waals surface area contributed by atoms with E-state index in [0.717, 1.165) is 11.0 Å². The highest BCUT2D eigenvalue weighted by Gasteiger charge is 2.02. The van der Waals surface area contributed by atoms with E-state index in [4.69, 9.17) is 16.3 Å². The molecular formula is C8H10BrClN2O. The number of ether oxygens (including phenoxy) is 1. The number of halogens is 2. The molecule has 0 fully saturated rings. The van der Waals surface area contributed by atoms with E-state index in [2.05, 4.69) is 26.2 Å². The maximum atomic E-state index is 5.72. The minimum absolute atomic E-state index is 0.569. The number of likely N-dealkylation sites (N-methyl/N-ethyl adjacent to an activating group) is 1. The van der Waals surface area contributed by atoms with E-state index in [-0.39, 0.29) is 0 Å². The SMILES string of the molecule is CNCCOc1ncc(Cl)cc1Br. The fourth-order valence-electron chi connectivity index (χ4n) is 0.758. The van der Waals surface area contributed by atoms with Crippen LogP contribution in [0, 0.1) is 0 Å². The Balaban J connectivity index is 2.56. The molecule has 1 aromatic heterocycles. The average Bonchev–Trinajstić information content (AvgIpc) is 2.09. The van der Waals surface area contributed by atoms with Crippen molar-refractivity contribution in [2.75, 3.05) is 20.2 Å². The lowest BCUT2D eigenvalue weighted by molar-refractivity contribution is 0.304. The van der Waals surface area contributed by atoms with E-state index < -0.39 is 0 Å². The molecule has 72 valence electrons. The highest BCUT2D eigenvalue weighted by Crippen LogP contribution is 2.24. The van der Waals surface area contributed by atoms with Gasteiger partial charge in [0.15, 0.2) is 0 Å². The van der Waals surface area contributed by atoms with Crippen molar-refractivity contribution in [2.24, 2.45) is 0 Å². The quantitative estimate of drug-likeness (QED) is 0.847. The van der Waals surface area contributed by atoms with Crippen molar-refractivity contribution in [3.05, 3.63) is 21.8 Å². The molecule has 0 saturated carbocycles. The summed E-state index contributed by atoms with van der Waals surface area (Å²) in [5.41, 5.74) is 0. The molecule has 0 aliphatic carbocycles. The second kappa shape index (κ2) is 5.42. The molecule has 5 heteroatoms. The van der Waals surface area contributed by atoms with Gasteiger partial charge < -0.3 is 10.1 Å². The summed E-state index contributed by atoms with van der Waals surface area (Å²) in [6, 6.07) is 1.75. The molecule has 0 radical (unpaired) electrons. The molecule has 1 aromatic rings. The highest BCUT2D eigenvalue weighted by atomic mass is 79.9. The Morgan fingerprint density at radius 3 is 3.08 bits per heavy atom. The third-order valence-corrected chi connectivity index (χ3v) is 2.14. The van der Waals surface area contributed by atoms with E-state index in [1.165, 1.54) is 0 Å². The Hall–Kier alpha value is -0.320. The van der Waals surface area contributed by atoms with Crippen molar-refractivity contribution in [1.82, 2.24) is 10.3 Å². The lowest BCUT2D eigenvalue weighted by Gasteiger charge is -2.06. The minimum Gasteiger partial charge on any atom is -0.476 e. The van der Waals surface area contributed by atoms with Gasteiger partial charge in [-0.2, -0.15) is 0 Å². The lowest BCUT2D eigenvalue weighted by atomic mass is 10.5. The Kier molecular flexibility index (Phi) is 4.48. The summed E-state index contributed by atoms with van der Waals surface area (Å²) < 4.78 is 6.13. The van der Waals surface area contributed by atoms with Crippen LogP contribution in [-0.2, 0) is 0 Å². The van der Waals surface area contributed by atoms with Crippen molar-refractivity contribution < 1.29 is 4.74 Å². The first-order valence-electron chi connectivity index (χ1n) is 3.82. The molecule has 0 atom stereocenters. The van der Waals surface area contributed by atoms with Crippen LogP contribution in [0.3, 0.4) is 0 Å². The predicted molar refractivity (Wildman–Crippen MR) is 56.4 cm³/mol. The van der Waals surface area contributed by atoms with Gasteiger partial charge in [0.1, 0.15) is 6.61 Å². The van der Waals surface area contributed by atoms with Crippen molar-refractivity contribution in [3.8, 4) is 5.88 Å². The van der Waals surface area contributed by atoms with Crippen LogP contribution in [-0.4, -0.2) is 25.2 Å². The van der Waals surface area contributed by atoms with E-state index in [0.29, 0.717) is 17.5 Å². The first kappa shape index (κ1) is 10.8. The van der Waals surface area contributed by atoms with Crippen LogP contribution in [0.1, 0.15) is 0 Å². The second-order valence-corrected chi connectivity index (χ2v) is 3.68. The monoisotopic (exact) mass is 264 g/mol. The Morgan fingerprint density at radius 2 is 2.46 bits per heavy atom. The molecule has 0 bridgehead atoms. The van der Waals surface area contributed by atoms with E-state index in [1.54, 1.807) is 12.3 Å². The van der Waals surface area contributed by atoms with E-state index >= 15 is 0 Å². The topological polar surface area (TPSA) is 34.1 Å². The molecule has 1 N–H and O–H groups in total. The maximum Gasteiger partial charge on any atom is 0.228 e. The zero-order valence-corrected chi connectivity index (χ0v) is 9.52. The van der Waals surface area contributed by atoms with Gasteiger partial charge in [0.2, 0.25) is 5.88 Å². The molecule has 1 rings (SSSR count). The van der Waals surface area contributed by atoms with Gasteiger partial charge in [-0.25, -0.2) is 4.98 Å². The van der Waals surface area contributed by atoms with Crippen molar-refractivity contribution >= 4 is 27.5 Å². The number of nitrogens with one attached hydrogen (secondary N) is 1. The standard InChI is InChI=1S/C8H10BrClN2O/c1-11-2-3-13-8-7(9)4-6(10)5-12-8/h4-5,11H,2-3H2,1H3. The molecule has 1 heterocycles. The Labute approximate surface area is 90.6 Å². The zero-order chi connectivity index (χ0) is 9.68. The number of hydrogen-bond acceptors (Lipinski definition) is 3. The van der Waals surface area contributed by atoms with Gasteiger partial charge in [0, 0.05) is 12.7 Å². The van der Waals surface area contributed by atoms with Crippen LogP contribution in [0.25, 0.3) is 0 Å². The summed E-state index contributed by atoms with van der Waals surface area (Å²) in [6.07, 6.45) is 1.56. The smallest absolute Gasteiger partial charge is 0.228 e. The van der Waals surface area contributed by atoms with Crippen molar-refractivity contribution in [1.29, 1.82) is 0 Å². The maximum absolute atomic E-state index is 5.72. The lowest BCUT2D eigenvalue weighted by Crippen LogP contribution is -2.16. The van der Waals surface area contributed by atoms with Gasteiger partial charge in [0.25, 0.3) is 0 Å². The van der Waals surface area contributed by atoms with Crippen LogP contribution in [0.4, 0.5) is 0 Å². The van der Waals surface area contributed by atoms with Crippen LogP contribution in [0.2, 0.25) is 5.02 Å². The zero-order valence-electron chi connectivity index (χ0n) is 7.18. The summed E-state index contributed by atoms with van der Waals surface area (Å²) in [5.74, 6) is 0.569. The van der Waals surface area contributed by atoms with Gasteiger partial charge >= 0.3 is 0 Å². The summed E-state index contributed by atoms with van der Waals surface area (Å²) in [7, 11) is 1.87. The number of nitrogens with zero attached hydrogens (tertiary/aromatic N) is 1. The Morgan fingerprint density at radius 1 is 1.69 bits per heavy atom. The number of pyridine rings is 1. The summed E-state index contributed by atoms with van der Waals surface area (Å²) in [5, 5.41) is 3.57. The van der Waals surface area contributed by atoms with Crippen LogP contribution >= 0.6 is 27.5 Å². The first-order chi connectivity index (χ1) is 6.24. The van der Waals surface area contributed by atoms with E-state index in [1.807, 2.05) is 7.05 Å². The van der Waals surface area contributed by atoms with Gasteiger partial charge in [0.05, 0.1) is 9.50 Å². The normalized spacial score (nSPS) is 10.1. The second-order valence-electron chi connectivity index (χ2n) is 2.39. The van der Waals surface area contributed by atoms with Gasteiger partial charge in [-0.05, 0) is 29.0 Å². The van der Waals surface area contributed by atoms with Crippen LogP contribution in [0.15, 0.2) is 16.7 Å². The number of hydrogen-bond donors (Lipinski definition) is 1. The van der Waals surface area contributed by atoms with Crippen LogP contribution in [0.5, 0.6) is 5.88 Å². The third-order valence-electron chi connectivity index (χ3n) is 1.36. The van der Waals surface area contributed by atoms with E-state index in [9.17, 15) is 0 Å². The number of aromatic nitrogens is 1. The molecular weight excluding hydrogens is 255 g/mol. The molecule has 0 aromatic carbocycles. The van der Waals surface area contributed by atoms with Crippen LogP contribution < -0.4 is 10.1 Å². The molecule has 0 aliphatic heterocycles. The first-order valence-corrected chi connectivity index (χ1v) is 4.99.